The van der Waals surface area contributed by atoms with Gasteiger partial charge in [0.05, 0.1) is 26.3 Å². The van der Waals surface area contributed by atoms with Gasteiger partial charge in [-0.2, -0.15) is 17.2 Å². The van der Waals surface area contributed by atoms with Crippen molar-refractivity contribution in [1.29, 1.82) is 0 Å². The van der Waals surface area contributed by atoms with E-state index in [9.17, 15) is 98.4 Å². The molecular formula is C101H107ClN12O21S8. The van der Waals surface area contributed by atoms with Gasteiger partial charge < -0.3 is 24.7 Å². The van der Waals surface area contributed by atoms with Crippen LogP contribution in [0.3, 0.4) is 0 Å². The normalized spacial score (nSPS) is 15.4. The fourth-order valence-electron chi connectivity index (χ4n) is 16.5. The molecule has 752 valence electrons. The largest absolute Gasteiger partial charge is 0.392 e. The Balaban J connectivity index is 0.000000160. The Kier molecular flexibility index (Phi) is 36.3. The van der Waals surface area contributed by atoms with E-state index in [1.54, 1.807) is 92.4 Å². The topological polar surface area (TPSA) is 424 Å². The third kappa shape index (κ3) is 26.9. The van der Waals surface area contributed by atoms with Gasteiger partial charge in [-0.15, -0.1) is 0 Å². The SMILES string of the molecule is Cc1ccc(C)c(Sc2ccc([N+](=O)[O-])cc2S(=O)(=O)N2CCN(C(=O)C3CCCCC3)CC2)c1.Cc1ccc(C)c(Sc2ccc([N+](=O)[O-])cc2S(=O)(=O)N2CCN(C(=O)c3ccc(CO)cc3)CC2)c1.Cc1ccc(C)c(Sc2ccc([N+](=O)[O-])cc2S(=O)(=O)N2CCN(C(=O)c3ccc(Cl)cc3)CC2)c1.Cc1ccc(C)c(Sc2ccc([N+](=O)[O-])cc2S(=O)(=O)N2CCN(C(=O)c3ccccc3)CC2)c1. The quantitative estimate of drug-likeness (QED) is 0.0410. The van der Waals surface area contributed by atoms with Gasteiger partial charge in [-0.25, -0.2) is 33.7 Å². The smallest absolute Gasteiger partial charge is 0.270 e. The van der Waals surface area contributed by atoms with Gasteiger partial charge in [-0.05, 0) is 215 Å². The van der Waals surface area contributed by atoms with Gasteiger partial charge in [-0.3, -0.25) is 59.6 Å². The van der Waals surface area contributed by atoms with Crippen LogP contribution in [0.1, 0.15) is 113 Å². The van der Waals surface area contributed by atoms with Crippen molar-refractivity contribution < 1.29 is 77.6 Å². The Morgan fingerprint density at radius 2 is 0.566 bits per heavy atom. The zero-order valence-corrected chi connectivity index (χ0v) is 86.9. The maximum absolute atomic E-state index is 13.7. The second-order valence-corrected chi connectivity index (χ2v) is 47.3. The number of hydrogen-bond donors (Lipinski definition) is 1. The predicted molar refractivity (Wildman–Crippen MR) is 549 cm³/mol. The van der Waals surface area contributed by atoms with Crippen LogP contribution < -0.4 is 0 Å². The second-order valence-electron chi connectivity index (χ2n) is 34.9. The standard InChI is InChI=1S/C26H27N3O6S2.C25H24ClN3O5S2.C25H31N3O5S2.C25H25N3O5S2/c1-18-3-4-19(2)24(15-18)36-23-10-9-22(29(32)33)16-25(23)37(34,35)28-13-11-27(12-14-28)26(31)21-7-5-20(17-30)6-8-21;1-17-3-4-18(2)23(15-17)35-22-10-9-21(29(31)32)16-24(22)36(33,34)28-13-11-27(12-14-28)25(30)19-5-7-20(26)8-6-19;2*1-18-8-9-19(2)23(16-18)34-22-11-10-21(28(30)31)17-24(22)35(32,33)27-14-12-26(13-15-27)25(29)20-6-4-3-5-7-20/h3-10,15-16,30H,11-14,17H2,1-2H3;3-10,15-16H,11-14H2,1-2H3;8-11,16-17,20H,3-7,12-15H2,1-2H3;3-11,16-17H,12-15H2,1-2H3. The summed E-state index contributed by atoms with van der Waals surface area (Å²) in [5.41, 5.74) is 9.07. The molecule has 5 aliphatic rings. The molecule has 4 amide bonds. The maximum atomic E-state index is 13.7. The number of rotatable bonds is 25. The highest BCUT2D eigenvalue weighted by molar-refractivity contribution is 8.01. The van der Waals surface area contributed by atoms with E-state index in [1.165, 1.54) is 119 Å². The second kappa shape index (κ2) is 47.8. The number of aliphatic hydroxyl groups is 1. The van der Waals surface area contributed by atoms with Crippen molar-refractivity contribution >= 4 is 145 Å². The Labute approximate surface area is 853 Å². The molecule has 11 aromatic rings. The first-order chi connectivity index (χ1) is 68.0. The van der Waals surface area contributed by atoms with Crippen LogP contribution in [0.2, 0.25) is 5.02 Å². The molecule has 4 heterocycles. The van der Waals surface area contributed by atoms with E-state index < -0.39 is 59.8 Å². The van der Waals surface area contributed by atoms with Crippen molar-refractivity contribution in [3.8, 4) is 0 Å². The number of non-ortho nitro benzene ring substituents is 4. The Morgan fingerprint density at radius 3 is 0.825 bits per heavy atom. The third-order valence-corrected chi connectivity index (χ3v) is 38.3. The fourth-order valence-corrected chi connectivity index (χ4v) is 28.5. The maximum Gasteiger partial charge on any atom is 0.270 e. The lowest BCUT2D eigenvalue weighted by Gasteiger charge is -2.36. The van der Waals surface area contributed by atoms with Gasteiger partial charge in [0.2, 0.25) is 46.0 Å². The lowest BCUT2D eigenvalue weighted by molar-refractivity contribution is -0.385. The molecule has 143 heavy (non-hydrogen) atoms. The average Bonchev–Trinajstić information content (AvgIpc) is 0.781. The molecule has 11 aromatic carbocycles. The number of sulfonamides is 4. The Bertz CT molecular complexity index is 7130. The fraction of sp³-hybridized carbons (Fsp3) is 0.307. The van der Waals surface area contributed by atoms with Crippen molar-refractivity contribution in [3.63, 3.8) is 0 Å². The molecule has 33 nitrogen and oxygen atoms in total. The van der Waals surface area contributed by atoms with Crippen LogP contribution >= 0.6 is 58.6 Å². The van der Waals surface area contributed by atoms with Gasteiger partial charge in [0, 0.05) is 220 Å². The van der Waals surface area contributed by atoms with E-state index in [4.69, 9.17) is 11.6 Å². The van der Waals surface area contributed by atoms with E-state index >= 15 is 0 Å². The van der Waals surface area contributed by atoms with E-state index in [0.717, 1.165) is 114 Å². The Hall–Kier alpha value is -11.8. The number of carbonyl (C=O) groups excluding carboxylic acids is 4. The van der Waals surface area contributed by atoms with Crippen molar-refractivity contribution in [2.75, 3.05) is 105 Å². The highest BCUT2D eigenvalue weighted by Gasteiger charge is 2.40. The summed E-state index contributed by atoms with van der Waals surface area (Å²) >= 11 is 11.0. The van der Waals surface area contributed by atoms with E-state index in [1.807, 2.05) is 134 Å². The summed E-state index contributed by atoms with van der Waals surface area (Å²) < 4.78 is 115. The van der Waals surface area contributed by atoms with Crippen molar-refractivity contribution in [2.45, 2.75) is 153 Å². The molecule has 0 radical (unpaired) electrons. The van der Waals surface area contributed by atoms with Gasteiger partial charge in [-0.1, -0.05) is 157 Å². The van der Waals surface area contributed by atoms with Gasteiger partial charge >= 0.3 is 0 Å². The predicted octanol–water partition coefficient (Wildman–Crippen LogP) is 18.5. The monoisotopic (exact) mass is 2110 g/mol. The van der Waals surface area contributed by atoms with Crippen molar-refractivity contribution in [3.05, 3.63) is 337 Å². The number of carbonyl (C=O) groups is 4. The molecule has 5 fully saturated rings. The first-order valence-corrected chi connectivity index (χ1v) is 55.2. The number of aryl methyl sites for hydroxylation is 8. The van der Waals surface area contributed by atoms with Crippen molar-refractivity contribution in [2.24, 2.45) is 5.92 Å². The van der Waals surface area contributed by atoms with Crippen LogP contribution in [0.5, 0.6) is 0 Å². The minimum absolute atomic E-state index is 0.0456. The van der Waals surface area contributed by atoms with Crippen molar-refractivity contribution in [1.82, 2.24) is 36.8 Å². The minimum atomic E-state index is -4.07. The molecule has 4 saturated heterocycles. The number of nitro groups is 4. The number of nitrogens with zero attached hydrogens (tertiary/aromatic N) is 12. The number of aliphatic hydroxyl groups excluding tert-OH is 1. The summed E-state index contributed by atoms with van der Waals surface area (Å²) in [6.07, 6.45) is 5.12. The lowest BCUT2D eigenvalue weighted by Crippen LogP contribution is -2.52. The molecule has 0 unspecified atom stereocenters. The average molecular weight is 2120 g/mol. The van der Waals surface area contributed by atoms with E-state index in [-0.39, 0.29) is 170 Å². The molecule has 0 bridgehead atoms. The molecule has 42 heteroatoms. The zero-order chi connectivity index (χ0) is 103. The first-order valence-electron chi connectivity index (χ1n) is 45.8. The molecular weight excluding hydrogens is 2010 g/mol. The van der Waals surface area contributed by atoms with E-state index in [0.29, 0.717) is 59.9 Å². The lowest BCUT2D eigenvalue weighted by atomic mass is 9.88. The highest BCUT2D eigenvalue weighted by atomic mass is 35.5. The summed E-state index contributed by atoms with van der Waals surface area (Å²) in [4.78, 5) is 106. The van der Waals surface area contributed by atoms with Gasteiger partial charge in [0.25, 0.3) is 40.5 Å². The zero-order valence-electron chi connectivity index (χ0n) is 79.6. The van der Waals surface area contributed by atoms with Gasteiger partial charge in [0.1, 0.15) is 19.6 Å². The molecule has 16 rings (SSSR count). The Morgan fingerprint density at radius 1 is 0.315 bits per heavy atom. The number of benzene rings is 11. The van der Waals surface area contributed by atoms with Crippen LogP contribution in [-0.2, 0) is 51.5 Å². The molecule has 1 N–H and O–H groups in total. The minimum Gasteiger partial charge on any atom is -0.392 e. The number of amides is 4. The van der Waals surface area contributed by atoms with Crippen LogP contribution in [0, 0.1) is 102 Å². The summed E-state index contributed by atoms with van der Waals surface area (Å²) in [5.74, 6) is -0.398. The van der Waals surface area contributed by atoms with E-state index in [2.05, 4.69) is 0 Å². The summed E-state index contributed by atoms with van der Waals surface area (Å²) in [6.45, 7) is 18.2. The number of halogens is 1. The number of piperazine rings is 4. The number of hydrogen-bond acceptors (Lipinski definition) is 25. The molecule has 1 saturated carbocycles. The summed E-state index contributed by atoms with van der Waals surface area (Å²) in [5, 5.41) is 55.5. The first kappa shape index (κ1) is 108. The molecule has 0 aromatic heterocycles. The van der Waals surface area contributed by atoms with Gasteiger partial charge in [0.15, 0.2) is 0 Å². The highest BCUT2D eigenvalue weighted by Crippen LogP contribution is 2.45. The van der Waals surface area contributed by atoms with Crippen LogP contribution in [0.4, 0.5) is 22.7 Å². The molecule has 4 aliphatic heterocycles. The number of nitro benzene ring substituents is 4. The molecule has 1 aliphatic carbocycles. The summed E-state index contributed by atoms with van der Waals surface area (Å²) in [7, 11) is -16.2. The third-order valence-electron chi connectivity index (χ3n) is 24.9. The van der Waals surface area contributed by atoms with Crippen LogP contribution in [0.15, 0.2) is 283 Å². The van der Waals surface area contributed by atoms with Crippen LogP contribution in [0.25, 0.3) is 0 Å². The molecule has 0 spiro atoms. The van der Waals surface area contributed by atoms with Crippen LogP contribution in [-0.4, -0.2) is 224 Å². The summed E-state index contributed by atoms with van der Waals surface area (Å²) in [6, 6.07) is 61.4. The molecule has 0 atom stereocenters.